The van der Waals surface area contributed by atoms with Gasteiger partial charge in [0.25, 0.3) is 5.91 Å². The van der Waals surface area contributed by atoms with Gasteiger partial charge >= 0.3 is 0 Å². The van der Waals surface area contributed by atoms with Crippen LogP contribution < -0.4 is 10.6 Å². The molecule has 1 aliphatic rings. The zero-order chi connectivity index (χ0) is 16.2. The Balaban J connectivity index is 1.71. The molecule has 0 radical (unpaired) electrons. The molecule has 0 fully saturated rings. The predicted octanol–water partition coefficient (Wildman–Crippen LogP) is 3.61. The van der Waals surface area contributed by atoms with Crippen LogP contribution in [0.5, 0.6) is 0 Å². The second kappa shape index (κ2) is 6.87. The molecule has 1 heterocycles. The average molecular weight is 326 g/mol. The monoisotopic (exact) mass is 326 g/mol. The lowest BCUT2D eigenvalue weighted by Gasteiger charge is -2.25. The second-order valence-corrected chi connectivity index (χ2v) is 6.60. The summed E-state index contributed by atoms with van der Waals surface area (Å²) < 4.78 is 0. The van der Waals surface area contributed by atoms with E-state index in [1.807, 2.05) is 23.9 Å². The van der Waals surface area contributed by atoms with Gasteiger partial charge in [-0.25, -0.2) is 0 Å². The Hall–Kier alpha value is -2.27. The molecule has 23 heavy (non-hydrogen) atoms. The third-order valence-corrected chi connectivity index (χ3v) is 4.85. The van der Waals surface area contributed by atoms with Gasteiger partial charge < -0.3 is 10.6 Å². The van der Waals surface area contributed by atoms with Crippen molar-refractivity contribution < 1.29 is 9.59 Å². The molecule has 0 unspecified atom stereocenters. The van der Waals surface area contributed by atoms with E-state index in [2.05, 4.69) is 22.8 Å². The fourth-order valence-electron chi connectivity index (χ4n) is 2.64. The van der Waals surface area contributed by atoms with Crippen LogP contribution in [0, 0.1) is 0 Å². The van der Waals surface area contributed by atoms with Crippen LogP contribution in [0.25, 0.3) is 0 Å². The van der Waals surface area contributed by atoms with Crippen LogP contribution in [0.15, 0.2) is 53.4 Å². The lowest BCUT2D eigenvalue weighted by molar-refractivity contribution is -0.114. The van der Waals surface area contributed by atoms with Crippen molar-refractivity contribution in [1.29, 1.82) is 0 Å². The lowest BCUT2D eigenvalue weighted by atomic mass is 10.0. The summed E-state index contributed by atoms with van der Waals surface area (Å²) in [6.45, 7) is 1.46. The van der Waals surface area contributed by atoms with Gasteiger partial charge in [-0.15, -0.1) is 11.8 Å². The molecule has 0 saturated carbocycles. The fraction of sp³-hybridized carbons (Fsp3) is 0.222. The number of thioether (sulfide) groups is 1. The van der Waals surface area contributed by atoms with Crippen LogP contribution in [0.1, 0.15) is 35.3 Å². The molecule has 2 aromatic carbocycles. The summed E-state index contributed by atoms with van der Waals surface area (Å²) >= 11 is 1.83. The van der Waals surface area contributed by atoms with Crippen molar-refractivity contribution in [2.75, 3.05) is 11.1 Å². The van der Waals surface area contributed by atoms with E-state index in [0.717, 1.165) is 12.2 Å². The van der Waals surface area contributed by atoms with Crippen LogP contribution in [0.4, 0.5) is 5.69 Å². The second-order valence-electron chi connectivity index (χ2n) is 5.46. The van der Waals surface area contributed by atoms with Gasteiger partial charge in [-0.3, -0.25) is 9.59 Å². The zero-order valence-electron chi connectivity index (χ0n) is 12.8. The molecule has 1 aliphatic heterocycles. The molecule has 0 aromatic heterocycles. The normalized spacial score (nSPS) is 16.3. The molecule has 0 spiro atoms. The van der Waals surface area contributed by atoms with E-state index in [9.17, 15) is 9.59 Å². The van der Waals surface area contributed by atoms with E-state index < -0.39 is 0 Å². The SMILES string of the molecule is CC(=O)Nc1ccc(C(=O)N[C@@H]2CCSc3ccccc32)cc1. The summed E-state index contributed by atoms with van der Waals surface area (Å²) in [5.74, 6) is 0.785. The summed E-state index contributed by atoms with van der Waals surface area (Å²) in [4.78, 5) is 24.7. The molecule has 118 valence electrons. The minimum atomic E-state index is -0.126. The van der Waals surface area contributed by atoms with E-state index in [4.69, 9.17) is 0 Å². The number of hydrogen-bond donors (Lipinski definition) is 2. The highest BCUT2D eigenvalue weighted by atomic mass is 32.2. The molecule has 4 nitrogen and oxygen atoms in total. The number of benzene rings is 2. The van der Waals surface area contributed by atoms with E-state index in [1.165, 1.54) is 17.4 Å². The van der Waals surface area contributed by atoms with Gasteiger partial charge in [-0.2, -0.15) is 0 Å². The molecular formula is C18H18N2O2S. The number of hydrogen-bond acceptors (Lipinski definition) is 3. The average Bonchev–Trinajstić information content (AvgIpc) is 2.55. The minimum Gasteiger partial charge on any atom is -0.345 e. The molecule has 2 aromatic rings. The number of anilines is 1. The van der Waals surface area contributed by atoms with E-state index in [1.54, 1.807) is 24.3 Å². The number of carbonyl (C=O) groups is 2. The Labute approximate surface area is 139 Å². The Kier molecular flexibility index (Phi) is 4.67. The highest BCUT2D eigenvalue weighted by molar-refractivity contribution is 7.99. The van der Waals surface area contributed by atoms with Crippen LogP contribution >= 0.6 is 11.8 Å². The first-order valence-corrected chi connectivity index (χ1v) is 8.52. The maximum absolute atomic E-state index is 12.5. The van der Waals surface area contributed by atoms with Crippen molar-refractivity contribution >= 4 is 29.3 Å². The van der Waals surface area contributed by atoms with Gasteiger partial charge in [0.2, 0.25) is 5.91 Å². The van der Waals surface area contributed by atoms with Crippen LogP contribution in [-0.2, 0) is 4.79 Å². The highest BCUT2D eigenvalue weighted by Gasteiger charge is 2.22. The molecular weight excluding hydrogens is 308 g/mol. The van der Waals surface area contributed by atoms with E-state index in [0.29, 0.717) is 11.3 Å². The molecule has 1 atom stereocenters. The Morgan fingerprint density at radius 3 is 2.57 bits per heavy atom. The zero-order valence-corrected chi connectivity index (χ0v) is 13.7. The quantitative estimate of drug-likeness (QED) is 0.906. The van der Waals surface area contributed by atoms with Gasteiger partial charge in [0.1, 0.15) is 0 Å². The third-order valence-electron chi connectivity index (χ3n) is 3.73. The van der Waals surface area contributed by atoms with Crippen LogP contribution in [-0.4, -0.2) is 17.6 Å². The van der Waals surface area contributed by atoms with Crippen molar-refractivity contribution in [3.63, 3.8) is 0 Å². The maximum Gasteiger partial charge on any atom is 0.251 e. The standard InChI is InChI=1S/C18H18N2O2S/c1-12(21)19-14-8-6-13(7-9-14)18(22)20-16-10-11-23-17-5-3-2-4-15(16)17/h2-9,16H,10-11H2,1H3,(H,19,21)(H,20,22)/t16-/m1/s1. The molecule has 0 saturated heterocycles. The largest absolute Gasteiger partial charge is 0.345 e. The highest BCUT2D eigenvalue weighted by Crippen LogP contribution is 2.35. The van der Waals surface area contributed by atoms with Crippen molar-refractivity contribution in [2.45, 2.75) is 24.3 Å². The number of fused-ring (bicyclic) bond motifs is 1. The van der Waals surface area contributed by atoms with E-state index >= 15 is 0 Å². The lowest BCUT2D eigenvalue weighted by Crippen LogP contribution is -2.30. The molecule has 3 rings (SSSR count). The minimum absolute atomic E-state index is 0.0509. The summed E-state index contributed by atoms with van der Waals surface area (Å²) in [7, 11) is 0. The molecule has 2 N–H and O–H groups in total. The smallest absolute Gasteiger partial charge is 0.251 e. The first-order valence-electron chi connectivity index (χ1n) is 7.54. The van der Waals surface area contributed by atoms with Crippen molar-refractivity contribution in [3.05, 3.63) is 59.7 Å². The maximum atomic E-state index is 12.5. The van der Waals surface area contributed by atoms with Gasteiger partial charge in [-0.1, -0.05) is 18.2 Å². The first kappa shape index (κ1) is 15.6. The molecule has 5 heteroatoms. The van der Waals surface area contributed by atoms with Gasteiger partial charge in [0.05, 0.1) is 6.04 Å². The summed E-state index contributed by atoms with van der Waals surface area (Å²) in [6, 6.07) is 15.2. The molecule has 0 aliphatic carbocycles. The van der Waals surface area contributed by atoms with Crippen molar-refractivity contribution in [1.82, 2.24) is 5.32 Å². The number of carbonyl (C=O) groups excluding carboxylic acids is 2. The van der Waals surface area contributed by atoms with Crippen LogP contribution in [0.2, 0.25) is 0 Å². The van der Waals surface area contributed by atoms with Crippen molar-refractivity contribution in [3.8, 4) is 0 Å². The number of amides is 2. The Morgan fingerprint density at radius 1 is 1.09 bits per heavy atom. The molecule has 0 bridgehead atoms. The number of nitrogens with one attached hydrogen (secondary N) is 2. The van der Waals surface area contributed by atoms with E-state index in [-0.39, 0.29) is 17.9 Å². The first-order chi connectivity index (χ1) is 11.1. The van der Waals surface area contributed by atoms with Gasteiger partial charge in [0, 0.05) is 28.8 Å². The summed E-state index contributed by atoms with van der Waals surface area (Å²) in [6.07, 6.45) is 0.928. The number of rotatable bonds is 3. The van der Waals surface area contributed by atoms with Gasteiger partial charge in [0.15, 0.2) is 0 Å². The van der Waals surface area contributed by atoms with Gasteiger partial charge in [-0.05, 0) is 42.3 Å². The third kappa shape index (κ3) is 3.74. The summed E-state index contributed by atoms with van der Waals surface area (Å²) in [5, 5.41) is 5.80. The fourth-order valence-corrected chi connectivity index (χ4v) is 3.77. The summed E-state index contributed by atoms with van der Waals surface area (Å²) in [5.41, 5.74) is 2.47. The van der Waals surface area contributed by atoms with Crippen molar-refractivity contribution in [2.24, 2.45) is 0 Å². The van der Waals surface area contributed by atoms with Crippen LogP contribution in [0.3, 0.4) is 0 Å². The predicted molar refractivity (Wildman–Crippen MR) is 92.7 cm³/mol. The Bertz CT molecular complexity index is 728. The molecule has 2 amide bonds. The Morgan fingerprint density at radius 2 is 1.83 bits per heavy atom. The topological polar surface area (TPSA) is 58.2 Å².